The Hall–Kier alpha value is -1.36. The first-order valence-corrected chi connectivity index (χ1v) is 11.0. The number of hydrogen-bond acceptors (Lipinski definition) is 5. The summed E-state index contributed by atoms with van der Waals surface area (Å²) in [6, 6.07) is 0. The third kappa shape index (κ3) is 2.54. The molecule has 4 fully saturated rings. The number of hydrogen-bond donors (Lipinski definition) is 0. The van der Waals surface area contributed by atoms with Crippen molar-refractivity contribution < 1.29 is 23.8 Å². The summed E-state index contributed by atoms with van der Waals surface area (Å²) >= 11 is 0. The lowest BCUT2D eigenvalue weighted by atomic mass is 9.47. The van der Waals surface area contributed by atoms with Gasteiger partial charge in [-0.1, -0.05) is 6.92 Å². The maximum absolute atomic E-state index is 11.6. The number of carbonyl (C=O) groups is 2. The van der Waals surface area contributed by atoms with E-state index in [1.54, 1.807) is 0 Å². The molecule has 0 radical (unpaired) electrons. The second kappa shape index (κ2) is 6.32. The zero-order valence-electron chi connectivity index (χ0n) is 17.2. The Labute approximate surface area is 167 Å². The Bertz CT molecular complexity index is 729. The van der Waals surface area contributed by atoms with E-state index in [1.165, 1.54) is 25.8 Å². The summed E-state index contributed by atoms with van der Waals surface area (Å²) in [5.41, 5.74) is 1.67. The molecule has 5 nitrogen and oxygen atoms in total. The van der Waals surface area contributed by atoms with Crippen LogP contribution in [0.2, 0.25) is 0 Å². The van der Waals surface area contributed by atoms with E-state index in [4.69, 9.17) is 14.2 Å². The molecular formula is C23H32O5. The molecule has 5 aliphatic rings. The van der Waals surface area contributed by atoms with Crippen LogP contribution in [-0.4, -0.2) is 36.9 Å². The maximum Gasteiger partial charge on any atom is 0.303 e. The van der Waals surface area contributed by atoms with Crippen LogP contribution in [0.3, 0.4) is 0 Å². The molecule has 0 aromatic heterocycles. The molecule has 5 heteroatoms. The Kier molecular flexibility index (Phi) is 4.21. The van der Waals surface area contributed by atoms with Gasteiger partial charge in [-0.3, -0.25) is 9.59 Å². The quantitative estimate of drug-likeness (QED) is 0.532. The molecule has 1 heterocycles. The van der Waals surface area contributed by atoms with Gasteiger partial charge in [0.15, 0.2) is 0 Å². The molecule has 5 rings (SSSR count). The van der Waals surface area contributed by atoms with Gasteiger partial charge >= 0.3 is 11.9 Å². The molecule has 1 saturated heterocycles. The monoisotopic (exact) mass is 388 g/mol. The molecule has 0 aromatic carbocycles. The summed E-state index contributed by atoms with van der Waals surface area (Å²) in [5, 5.41) is 0. The predicted molar refractivity (Wildman–Crippen MR) is 102 cm³/mol. The molecule has 0 amide bonds. The van der Waals surface area contributed by atoms with Crippen LogP contribution in [0.5, 0.6) is 0 Å². The molecule has 8 atom stereocenters. The van der Waals surface area contributed by atoms with Gasteiger partial charge in [0.25, 0.3) is 0 Å². The van der Waals surface area contributed by atoms with Crippen molar-refractivity contribution in [1.82, 2.24) is 0 Å². The van der Waals surface area contributed by atoms with Crippen LogP contribution in [-0.2, 0) is 23.8 Å². The van der Waals surface area contributed by atoms with Crippen molar-refractivity contribution in [3.8, 4) is 0 Å². The van der Waals surface area contributed by atoms with Crippen molar-refractivity contribution >= 4 is 11.9 Å². The Morgan fingerprint density at radius 1 is 1.04 bits per heavy atom. The molecule has 154 valence electrons. The van der Waals surface area contributed by atoms with Gasteiger partial charge in [0.2, 0.25) is 0 Å². The van der Waals surface area contributed by atoms with Gasteiger partial charge < -0.3 is 14.2 Å². The van der Waals surface area contributed by atoms with Gasteiger partial charge in [0.1, 0.15) is 12.2 Å². The van der Waals surface area contributed by atoms with Crippen LogP contribution in [0, 0.1) is 28.6 Å². The molecule has 3 saturated carbocycles. The normalized spacial score (nSPS) is 48.8. The highest BCUT2D eigenvalue weighted by Crippen LogP contribution is 2.68. The zero-order valence-corrected chi connectivity index (χ0v) is 17.2. The molecule has 0 spiro atoms. The molecule has 28 heavy (non-hydrogen) atoms. The van der Waals surface area contributed by atoms with Crippen molar-refractivity contribution in [2.24, 2.45) is 28.6 Å². The van der Waals surface area contributed by atoms with Crippen molar-refractivity contribution in [3.05, 3.63) is 11.6 Å². The fourth-order valence-electron chi connectivity index (χ4n) is 7.82. The van der Waals surface area contributed by atoms with E-state index < -0.39 is 0 Å². The lowest BCUT2D eigenvalue weighted by Crippen LogP contribution is -2.53. The minimum absolute atomic E-state index is 0.0728. The predicted octanol–water partition coefficient (Wildman–Crippen LogP) is 3.80. The highest BCUT2D eigenvalue weighted by atomic mass is 16.5. The Morgan fingerprint density at radius 2 is 1.82 bits per heavy atom. The average Bonchev–Trinajstić information content (AvgIpc) is 3.09. The molecule has 1 aliphatic heterocycles. The summed E-state index contributed by atoms with van der Waals surface area (Å²) in [7, 11) is 0. The van der Waals surface area contributed by atoms with E-state index >= 15 is 0 Å². The summed E-state index contributed by atoms with van der Waals surface area (Å²) in [6.07, 6.45) is 9.89. The maximum atomic E-state index is 11.6. The van der Waals surface area contributed by atoms with Gasteiger partial charge in [-0.15, -0.1) is 0 Å². The molecular weight excluding hydrogens is 356 g/mol. The Balaban J connectivity index is 1.43. The summed E-state index contributed by atoms with van der Waals surface area (Å²) in [5.74, 6) is 1.56. The van der Waals surface area contributed by atoms with Gasteiger partial charge in [0, 0.05) is 24.7 Å². The van der Waals surface area contributed by atoms with Gasteiger partial charge in [-0.2, -0.15) is 0 Å². The summed E-state index contributed by atoms with van der Waals surface area (Å²) < 4.78 is 17.6. The Morgan fingerprint density at radius 3 is 2.57 bits per heavy atom. The van der Waals surface area contributed by atoms with Crippen LogP contribution < -0.4 is 0 Å². The molecule has 0 aromatic rings. The van der Waals surface area contributed by atoms with Gasteiger partial charge in [0.05, 0.1) is 12.7 Å². The minimum Gasteiger partial charge on any atom is -0.462 e. The molecule has 0 N–H and O–H groups in total. The number of fused-ring (bicyclic) bond motifs is 3. The smallest absolute Gasteiger partial charge is 0.303 e. The number of esters is 2. The first kappa shape index (κ1) is 18.7. The van der Waals surface area contributed by atoms with Crippen molar-refractivity contribution in [2.75, 3.05) is 6.61 Å². The minimum atomic E-state index is -0.198. The van der Waals surface area contributed by atoms with Crippen LogP contribution in [0.15, 0.2) is 11.6 Å². The first-order chi connectivity index (χ1) is 13.3. The molecule has 2 bridgehead atoms. The van der Waals surface area contributed by atoms with E-state index in [2.05, 4.69) is 13.0 Å². The van der Waals surface area contributed by atoms with Gasteiger partial charge in [-0.05, 0) is 74.3 Å². The summed E-state index contributed by atoms with van der Waals surface area (Å²) in [6.45, 7) is 6.22. The van der Waals surface area contributed by atoms with E-state index in [0.717, 1.165) is 45.1 Å². The van der Waals surface area contributed by atoms with Crippen LogP contribution >= 0.6 is 0 Å². The van der Waals surface area contributed by atoms with Crippen LogP contribution in [0.25, 0.3) is 0 Å². The van der Waals surface area contributed by atoms with Gasteiger partial charge in [-0.25, -0.2) is 0 Å². The van der Waals surface area contributed by atoms with Crippen LogP contribution in [0.1, 0.15) is 65.7 Å². The van der Waals surface area contributed by atoms with Crippen molar-refractivity contribution in [2.45, 2.75) is 84.0 Å². The zero-order chi connectivity index (χ0) is 19.7. The fraction of sp³-hybridized carbons (Fsp3) is 0.826. The van der Waals surface area contributed by atoms with E-state index in [1.807, 2.05) is 0 Å². The third-order valence-corrected chi connectivity index (χ3v) is 8.88. The SMILES string of the molecule is CC(=O)OC1C=C2C3CC4C(CCC5(C)C(OC(C)=O)CCC45)C2(CC1)CO3. The van der Waals surface area contributed by atoms with Crippen molar-refractivity contribution in [1.29, 1.82) is 0 Å². The van der Waals surface area contributed by atoms with E-state index in [0.29, 0.717) is 17.8 Å². The molecule has 8 unspecified atom stereocenters. The fourth-order valence-corrected chi connectivity index (χ4v) is 7.82. The topological polar surface area (TPSA) is 61.8 Å². The third-order valence-electron chi connectivity index (χ3n) is 8.88. The second-order valence-electron chi connectivity index (χ2n) is 10.1. The number of rotatable bonds is 2. The highest BCUT2D eigenvalue weighted by molar-refractivity contribution is 5.66. The summed E-state index contributed by atoms with van der Waals surface area (Å²) in [4.78, 5) is 23.0. The largest absolute Gasteiger partial charge is 0.462 e. The number of ether oxygens (including phenoxy) is 3. The standard InChI is InChI=1S/C23H32O5/c1-13(24)27-15-6-9-23-12-26-20(19(23)10-15)11-16-17-4-5-21(28-14(2)25)22(17,3)8-7-18(16)23/h10,15-18,20-21H,4-9,11-12H2,1-3H3. The first-order valence-electron chi connectivity index (χ1n) is 11.0. The average molecular weight is 389 g/mol. The van der Waals surface area contributed by atoms with Crippen LogP contribution in [0.4, 0.5) is 0 Å². The van der Waals surface area contributed by atoms with E-state index in [9.17, 15) is 9.59 Å². The highest BCUT2D eigenvalue weighted by Gasteiger charge is 2.65. The van der Waals surface area contributed by atoms with E-state index in [-0.39, 0.29) is 41.1 Å². The van der Waals surface area contributed by atoms with Crippen molar-refractivity contribution in [3.63, 3.8) is 0 Å². The lowest BCUT2D eigenvalue weighted by Gasteiger charge is -2.57. The number of carbonyl (C=O) groups excluding carboxylic acids is 2. The molecule has 4 aliphatic carbocycles. The second-order valence-corrected chi connectivity index (χ2v) is 10.1. The lowest BCUT2D eigenvalue weighted by molar-refractivity contribution is -0.157.